The highest BCUT2D eigenvalue weighted by Crippen LogP contribution is 2.14. The van der Waals surface area contributed by atoms with Crippen molar-refractivity contribution >= 4 is 5.57 Å². The standard InChI is InChI=1S/C9H12N2/c1-4-5-7(2)9-6-10-11-8(9)3/h4-6H,1H2,2-3H3,(H,10,11)/b7-5-. The van der Waals surface area contributed by atoms with Crippen molar-refractivity contribution in [3.05, 3.63) is 36.2 Å². The van der Waals surface area contributed by atoms with E-state index in [0.29, 0.717) is 0 Å². The molecule has 1 heterocycles. The maximum absolute atomic E-state index is 3.92. The lowest BCUT2D eigenvalue weighted by Gasteiger charge is -1.95. The quantitative estimate of drug-likeness (QED) is 0.640. The Morgan fingerprint density at radius 3 is 2.91 bits per heavy atom. The van der Waals surface area contributed by atoms with Gasteiger partial charge in [0.15, 0.2) is 0 Å². The molecule has 0 aliphatic heterocycles. The topological polar surface area (TPSA) is 28.7 Å². The van der Waals surface area contributed by atoms with Gasteiger partial charge in [-0.05, 0) is 19.4 Å². The minimum absolute atomic E-state index is 1.10. The van der Waals surface area contributed by atoms with Crippen molar-refractivity contribution in [1.29, 1.82) is 0 Å². The van der Waals surface area contributed by atoms with E-state index in [2.05, 4.69) is 16.8 Å². The van der Waals surface area contributed by atoms with Crippen LogP contribution in [0.1, 0.15) is 18.2 Å². The highest BCUT2D eigenvalue weighted by atomic mass is 15.1. The van der Waals surface area contributed by atoms with E-state index in [1.165, 1.54) is 5.57 Å². The first-order valence-electron chi connectivity index (χ1n) is 3.55. The van der Waals surface area contributed by atoms with E-state index in [1.54, 1.807) is 6.08 Å². The molecular formula is C9H12N2. The molecule has 0 bridgehead atoms. The Balaban J connectivity index is 3.01. The van der Waals surface area contributed by atoms with Gasteiger partial charge in [0.2, 0.25) is 0 Å². The molecule has 2 heteroatoms. The molecule has 0 aromatic carbocycles. The number of nitrogens with one attached hydrogen (secondary N) is 1. The highest BCUT2D eigenvalue weighted by molar-refractivity contribution is 5.65. The van der Waals surface area contributed by atoms with Crippen LogP contribution in [0.5, 0.6) is 0 Å². The van der Waals surface area contributed by atoms with Gasteiger partial charge < -0.3 is 0 Å². The second-order valence-electron chi connectivity index (χ2n) is 2.49. The van der Waals surface area contributed by atoms with Gasteiger partial charge >= 0.3 is 0 Å². The number of aryl methyl sites for hydroxylation is 1. The number of hydrogen-bond acceptors (Lipinski definition) is 1. The summed E-state index contributed by atoms with van der Waals surface area (Å²) in [4.78, 5) is 0. The average molecular weight is 148 g/mol. The molecule has 1 rings (SSSR count). The Labute approximate surface area is 66.6 Å². The van der Waals surface area contributed by atoms with E-state index in [9.17, 15) is 0 Å². The molecule has 0 unspecified atom stereocenters. The molecule has 11 heavy (non-hydrogen) atoms. The first-order valence-corrected chi connectivity index (χ1v) is 3.55. The molecule has 1 aromatic rings. The summed E-state index contributed by atoms with van der Waals surface area (Å²) in [7, 11) is 0. The van der Waals surface area contributed by atoms with Gasteiger partial charge in [-0.2, -0.15) is 5.10 Å². The van der Waals surface area contributed by atoms with Crippen molar-refractivity contribution in [2.75, 3.05) is 0 Å². The molecule has 2 nitrogen and oxygen atoms in total. The van der Waals surface area contributed by atoms with Gasteiger partial charge in [-0.25, -0.2) is 0 Å². The largest absolute Gasteiger partial charge is 0.282 e. The minimum atomic E-state index is 1.10. The summed E-state index contributed by atoms with van der Waals surface area (Å²) in [5, 5.41) is 6.81. The number of aromatic amines is 1. The fourth-order valence-corrected chi connectivity index (χ4v) is 1.01. The number of allylic oxidation sites excluding steroid dienone is 3. The summed E-state index contributed by atoms with van der Waals surface area (Å²) < 4.78 is 0. The summed E-state index contributed by atoms with van der Waals surface area (Å²) >= 11 is 0. The van der Waals surface area contributed by atoms with Crippen molar-refractivity contribution in [2.24, 2.45) is 0 Å². The van der Waals surface area contributed by atoms with Crippen LogP contribution in [0.4, 0.5) is 0 Å². The second kappa shape index (κ2) is 3.19. The first-order chi connectivity index (χ1) is 5.25. The zero-order chi connectivity index (χ0) is 8.27. The molecule has 58 valence electrons. The predicted molar refractivity (Wildman–Crippen MR) is 47.2 cm³/mol. The maximum Gasteiger partial charge on any atom is 0.0565 e. The Hall–Kier alpha value is -1.31. The second-order valence-corrected chi connectivity index (χ2v) is 2.49. The molecule has 0 aliphatic carbocycles. The van der Waals surface area contributed by atoms with E-state index in [-0.39, 0.29) is 0 Å². The summed E-state index contributed by atoms with van der Waals surface area (Å²) in [6.07, 6.45) is 5.57. The van der Waals surface area contributed by atoms with Crippen LogP contribution < -0.4 is 0 Å². The Bertz CT molecular complexity index is 282. The normalized spacial score (nSPS) is 11.6. The molecule has 0 spiro atoms. The molecule has 0 saturated heterocycles. The lowest BCUT2D eigenvalue weighted by Crippen LogP contribution is -1.79. The number of hydrogen-bond donors (Lipinski definition) is 1. The molecule has 0 fully saturated rings. The molecule has 1 aromatic heterocycles. The maximum atomic E-state index is 3.92. The van der Waals surface area contributed by atoms with Crippen LogP contribution >= 0.6 is 0 Å². The van der Waals surface area contributed by atoms with E-state index in [1.807, 2.05) is 26.1 Å². The Morgan fingerprint density at radius 2 is 2.45 bits per heavy atom. The Morgan fingerprint density at radius 1 is 1.73 bits per heavy atom. The molecule has 1 N–H and O–H groups in total. The third-order valence-electron chi connectivity index (χ3n) is 1.62. The van der Waals surface area contributed by atoms with E-state index >= 15 is 0 Å². The lowest BCUT2D eigenvalue weighted by molar-refractivity contribution is 1.05. The van der Waals surface area contributed by atoms with Crippen LogP contribution in [0.2, 0.25) is 0 Å². The van der Waals surface area contributed by atoms with Gasteiger partial charge in [-0.15, -0.1) is 0 Å². The lowest BCUT2D eigenvalue weighted by atomic mass is 10.1. The third kappa shape index (κ3) is 1.58. The fourth-order valence-electron chi connectivity index (χ4n) is 1.01. The molecule has 0 atom stereocenters. The first kappa shape index (κ1) is 7.79. The molecule has 0 radical (unpaired) electrons. The highest BCUT2D eigenvalue weighted by Gasteiger charge is 1.99. The summed E-state index contributed by atoms with van der Waals surface area (Å²) in [6.45, 7) is 7.68. The number of rotatable bonds is 2. The fraction of sp³-hybridized carbons (Fsp3) is 0.222. The van der Waals surface area contributed by atoms with Gasteiger partial charge in [0, 0.05) is 11.3 Å². The molecule has 0 aliphatic rings. The zero-order valence-corrected chi connectivity index (χ0v) is 6.89. The predicted octanol–water partition coefficient (Wildman–Crippen LogP) is 2.31. The van der Waals surface area contributed by atoms with Crippen LogP contribution in [0, 0.1) is 6.92 Å². The van der Waals surface area contributed by atoms with Crippen LogP contribution in [-0.4, -0.2) is 10.2 Å². The van der Waals surface area contributed by atoms with Gasteiger partial charge in [-0.1, -0.05) is 18.7 Å². The van der Waals surface area contributed by atoms with Crippen molar-refractivity contribution < 1.29 is 0 Å². The SMILES string of the molecule is C=C/C=C(/C)c1cn[nH]c1C. The average Bonchev–Trinajstić information content (AvgIpc) is 2.36. The van der Waals surface area contributed by atoms with Gasteiger partial charge in [-0.3, -0.25) is 5.10 Å². The van der Waals surface area contributed by atoms with Gasteiger partial charge in [0.1, 0.15) is 0 Å². The van der Waals surface area contributed by atoms with Crippen LogP contribution in [0.25, 0.3) is 5.57 Å². The van der Waals surface area contributed by atoms with E-state index < -0.39 is 0 Å². The number of aromatic nitrogens is 2. The number of nitrogens with zero attached hydrogens (tertiary/aromatic N) is 1. The summed E-state index contributed by atoms with van der Waals surface area (Å²) in [6, 6.07) is 0. The smallest absolute Gasteiger partial charge is 0.0565 e. The van der Waals surface area contributed by atoms with E-state index in [0.717, 1.165) is 11.3 Å². The minimum Gasteiger partial charge on any atom is -0.282 e. The van der Waals surface area contributed by atoms with Gasteiger partial charge in [0.25, 0.3) is 0 Å². The van der Waals surface area contributed by atoms with Crippen molar-refractivity contribution in [1.82, 2.24) is 10.2 Å². The zero-order valence-electron chi connectivity index (χ0n) is 6.89. The van der Waals surface area contributed by atoms with Crippen molar-refractivity contribution in [2.45, 2.75) is 13.8 Å². The third-order valence-corrected chi connectivity index (χ3v) is 1.62. The van der Waals surface area contributed by atoms with Crippen LogP contribution in [-0.2, 0) is 0 Å². The van der Waals surface area contributed by atoms with E-state index in [4.69, 9.17) is 0 Å². The molecule has 0 saturated carbocycles. The summed E-state index contributed by atoms with van der Waals surface area (Å²) in [5.74, 6) is 0. The van der Waals surface area contributed by atoms with Gasteiger partial charge in [0.05, 0.1) is 6.20 Å². The monoisotopic (exact) mass is 148 g/mol. The molecule has 0 amide bonds. The van der Waals surface area contributed by atoms with Crippen LogP contribution in [0.15, 0.2) is 24.9 Å². The van der Waals surface area contributed by atoms with Crippen molar-refractivity contribution in [3.63, 3.8) is 0 Å². The Kier molecular flexibility index (Phi) is 2.26. The number of H-pyrrole nitrogens is 1. The van der Waals surface area contributed by atoms with Crippen molar-refractivity contribution in [3.8, 4) is 0 Å². The molecular weight excluding hydrogens is 136 g/mol. The van der Waals surface area contributed by atoms with Crippen LogP contribution in [0.3, 0.4) is 0 Å². The summed E-state index contributed by atoms with van der Waals surface area (Å²) in [5.41, 5.74) is 3.44.